The molecule has 2 aliphatic rings. The maximum Gasteiger partial charge on any atom is 0.203 e. The van der Waals surface area contributed by atoms with Gasteiger partial charge in [-0.15, -0.1) is 10.2 Å². The van der Waals surface area contributed by atoms with Crippen molar-refractivity contribution in [2.24, 2.45) is 0 Å². The number of aromatic nitrogens is 4. The first-order valence-electron chi connectivity index (χ1n) is 7.48. The molecule has 0 aliphatic carbocycles. The molecule has 2 atom stereocenters. The minimum absolute atomic E-state index is 0.505. The van der Waals surface area contributed by atoms with E-state index in [1.165, 1.54) is 38.8 Å². The number of nitrogens with zero attached hydrogens (tertiary/aromatic N) is 5. The maximum absolute atomic E-state index is 4.45. The molecule has 0 aromatic carbocycles. The van der Waals surface area contributed by atoms with Crippen molar-refractivity contribution in [1.29, 1.82) is 0 Å². The van der Waals surface area contributed by atoms with Gasteiger partial charge in [-0.2, -0.15) is 0 Å². The summed E-state index contributed by atoms with van der Waals surface area (Å²) < 4.78 is 1.99. The molecule has 4 heterocycles. The van der Waals surface area contributed by atoms with Gasteiger partial charge in [-0.1, -0.05) is 0 Å². The van der Waals surface area contributed by atoms with E-state index in [0.717, 1.165) is 23.3 Å². The summed E-state index contributed by atoms with van der Waals surface area (Å²) in [6.45, 7) is 4.45. The van der Waals surface area contributed by atoms with E-state index in [2.05, 4.69) is 25.4 Å². The van der Waals surface area contributed by atoms with E-state index < -0.39 is 0 Å². The van der Waals surface area contributed by atoms with Crippen LogP contribution in [0.3, 0.4) is 0 Å². The van der Waals surface area contributed by atoms with Crippen LogP contribution < -0.4 is 5.32 Å². The first kappa shape index (κ1) is 12.1. The van der Waals surface area contributed by atoms with Gasteiger partial charge in [-0.05, 0) is 39.2 Å². The van der Waals surface area contributed by atoms with Gasteiger partial charge < -0.3 is 10.2 Å². The summed E-state index contributed by atoms with van der Waals surface area (Å²) in [5, 5.41) is 11.9. The summed E-state index contributed by atoms with van der Waals surface area (Å²) in [6, 6.07) is 1.27. The number of hydrogen-bond acceptors (Lipinski definition) is 5. The van der Waals surface area contributed by atoms with Crippen LogP contribution in [0, 0.1) is 6.92 Å². The number of aryl methyl sites for hydroxylation is 1. The molecule has 106 valence electrons. The number of hydrogen-bond donors (Lipinski definition) is 1. The van der Waals surface area contributed by atoms with E-state index in [9.17, 15) is 0 Å². The van der Waals surface area contributed by atoms with Gasteiger partial charge in [-0.3, -0.25) is 4.40 Å². The molecule has 0 amide bonds. The minimum Gasteiger partial charge on any atom is -0.364 e. The lowest BCUT2D eigenvalue weighted by molar-refractivity contribution is 0.188. The van der Waals surface area contributed by atoms with Crippen LogP contribution >= 0.6 is 0 Å². The monoisotopic (exact) mass is 272 g/mol. The topological polar surface area (TPSA) is 58.4 Å². The van der Waals surface area contributed by atoms with Crippen molar-refractivity contribution in [3.63, 3.8) is 0 Å². The SMILES string of the molecule is Cc1nnc2c(NC3CCN4CCCC4C3)nccn12. The standard InChI is InChI=1S/C14H20N6/c1-10-17-18-14-13(15-5-8-20(10)14)16-11-4-7-19-6-2-3-12(19)9-11/h5,8,11-12H,2-4,6-7,9H2,1H3,(H,15,16). The van der Waals surface area contributed by atoms with Crippen molar-refractivity contribution < 1.29 is 0 Å². The van der Waals surface area contributed by atoms with Crippen LogP contribution in [0.15, 0.2) is 12.4 Å². The zero-order chi connectivity index (χ0) is 13.5. The molecule has 0 saturated carbocycles. The van der Waals surface area contributed by atoms with Gasteiger partial charge in [0, 0.05) is 31.0 Å². The van der Waals surface area contributed by atoms with E-state index >= 15 is 0 Å². The lowest BCUT2D eigenvalue weighted by Gasteiger charge is -2.35. The number of rotatable bonds is 2. The van der Waals surface area contributed by atoms with E-state index in [1.807, 2.05) is 23.7 Å². The second-order valence-electron chi connectivity index (χ2n) is 5.91. The summed E-state index contributed by atoms with van der Waals surface area (Å²) in [5.41, 5.74) is 0.832. The summed E-state index contributed by atoms with van der Waals surface area (Å²) in [5.74, 6) is 1.76. The molecule has 0 radical (unpaired) electrons. The Morgan fingerprint density at radius 2 is 2.20 bits per heavy atom. The van der Waals surface area contributed by atoms with Crippen molar-refractivity contribution in [2.75, 3.05) is 18.4 Å². The van der Waals surface area contributed by atoms with Gasteiger partial charge in [0.15, 0.2) is 5.82 Å². The van der Waals surface area contributed by atoms with Gasteiger partial charge >= 0.3 is 0 Å². The molecule has 20 heavy (non-hydrogen) atoms. The molecule has 2 fully saturated rings. The fourth-order valence-corrected chi connectivity index (χ4v) is 3.59. The second-order valence-corrected chi connectivity index (χ2v) is 5.91. The average molecular weight is 272 g/mol. The lowest BCUT2D eigenvalue weighted by atomic mass is 9.98. The molecule has 2 saturated heterocycles. The summed E-state index contributed by atoms with van der Waals surface area (Å²) >= 11 is 0. The molecule has 0 bridgehead atoms. The second kappa shape index (κ2) is 4.70. The lowest BCUT2D eigenvalue weighted by Crippen LogP contribution is -2.42. The quantitative estimate of drug-likeness (QED) is 0.897. The average Bonchev–Trinajstić information content (AvgIpc) is 3.06. The van der Waals surface area contributed by atoms with Crippen LogP contribution in [-0.2, 0) is 0 Å². The Labute approximate surface area is 118 Å². The largest absolute Gasteiger partial charge is 0.364 e. The number of fused-ring (bicyclic) bond motifs is 2. The van der Waals surface area contributed by atoms with Crippen molar-refractivity contribution in [2.45, 2.75) is 44.7 Å². The van der Waals surface area contributed by atoms with Gasteiger partial charge in [0.05, 0.1) is 0 Å². The first-order valence-corrected chi connectivity index (χ1v) is 7.48. The Morgan fingerprint density at radius 3 is 3.15 bits per heavy atom. The zero-order valence-corrected chi connectivity index (χ0v) is 11.8. The third kappa shape index (κ3) is 1.95. The number of nitrogens with one attached hydrogen (secondary N) is 1. The highest BCUT2D eigenvalue weighted by molar-refractivity contribution is 5.62. The highest BCUT2D eigenvalue weighted by atomic mass is 15.3. The van der Waals surface area contributed by atoms with E-state index in [-0.39, 0.29) is 0 Å². The summed E-state index contributed by atoms with van der Waals surface area (Å²) in [7, 11) is 0. The van der Waals surface area contributed by atoms with Gasteiger partial charge in [0.2, 0.25) is 5.65 Å². The van der Waals surface area contributed by atoms with Crippen LogP contribution in [0.4, 0.5) is 5.82 Å². The minimum atomic E-state index is 0.505. The Morgan fingerprint density at radius 1 is 1.25 bits per heavy atom. The number of anilines is 1. The molecular weight excluding hydrogens is 252 g/mol. The van der Waals surface area contributed by atoms with E-state index in [4.69, 9.17) is 0 Å². The summed E-state index contributed by atoms with van der Waals surface area (Å²) in [6.07, 6.45) is 8.84. The fraction of sp³-hybridized carbons (Fsp3) is 0.643. The zero-order valence-electron chi connectivity index (χ0n) is 11.8. The van der Waals surface area contributed by atoms with E-state index in [1.54, 1.807) is 0 Å². The maximum atomic E-state index is 4.45. The molecular formula is C14H20N6. The summed E-state index contributed by atoms with van der Waals surface area (Å²) in [4.78, 5) is 7.08. The molecule has 2 aromatic heterocycles. The Hall–Kier alpha value is -1.69. The molecule has 2 aliphatic heterocycles. The Bertz CT molecular complexity index is 621. The Kier molecular flexibility index (Phi) is 2.84. The predicted octanol–water partition coefficient (Wildman–Crippen LogP) is 1.47. The van der Waals surface area contributed by atoms with Crippen LogP contribution in [0.25, 0.3) is 5.65 Å². The highest BCUT2D eigenvalue weighted by Gasteiger charge is 2.31. The van der Waals surface area contributed by atoms with Crippen molar-refractivity contribution in [1.82, 2.24) is 24.5 Å². The first-order chi connectivity index (χ1) is 9.81. The highest BCUT2D eigenvalue weighted by Crippen LogP contribution is 2.28. The van der Waals surface area contributed by atoms with E-state index in [0.29, 0.717) is 6.04 Å². The molecule has 6 heteroatoms. The smallest absolute Gasteiger partial charge is 0.203 e. The molecule has 1 N–H and O–H groups in total. The number of piperidine rings is 1. The fourth-order valence-electron chi connectivity index (χ4n) is 3.59. The van der Waals surface area contributed by atoms with Gasteiger partial charge in [0.1, 0.15) is 5.82 Å². The molecule has 6 nitrogen and oxygen atoms in total. The van der Waals surface area contributed by atoms with Crippen molar-refractivity contribution >= 4 is 11.5 Å². The third-order valence-corrected chi connectivity index (χ3v) is 4.66. The third-order valence-electron chi connectivity index (χ3n) is 4.66. The molecule has 0 spiro atoms. The van der Waals surface area contributed by atoms with Crippen LogP contribution in [-0.4, -0.2) is 49.7 Å². The van der Waals surface area contributed by atoms with Crippen molar-refractivity contribution in [3.8, 4) is 0 Å². The normalized spacial score (nSPS) is 26.9. The van der Waals surface area contributed by atoms with Gasteiger partial charge in [0.25, 0.3) is 0 Å². The predicted molar refractivity (Wildman–Crippen MR) is 76.8 cm³/mol. The van der Waals surface area contributed by atoms with Crippen LogP contribution in [0.1, 0.15) is 31.5 Å². The molecule has 4 rings (SSSR count). The van der Waals surface area contributed by atoms with Gasteiger partial charge in [-0.25, -0.2) is 4.98 Å². The van der Waals surface area contributed by atoms with Crippen LogP contribution in [0.2, 0.25) is 0 Å². The van der Waals surface area contributed by atoms with Crippen molar-refractivity contribution in [3.05, 3.63) is 18.2 Å². The Balaban J connectivity index is 1.55. The molecule has 2 unspecified atom stereocenters. The van der Waals surface area contributed by atoms with Crippen LogP contribution in [0.5, 0.6) is 0 Å². The molecule has 2 aromatic rings.